The minimum atomic E-state index is 0.233. The second kappa shape index (κ2) is 8.13. The number of hydrogen-bond donors (Lipinski definition) is 2. The van der Waals surface area contributed by atoms with Crippen LogP contribution in [0.4, 0.5) is 5.69 Å². The van der Waals surface area contributed by atoms with E-state index in [1.54, 1.807) is 30.3 Å². The van der Waals surface area contributed by atoms with Crippen LogP contribution in [-0.2, 0) is 4.74 Å². The van der Waals surface area contributed by atoms with Crippen molar-refractivity contribution in [2.24, 2.45) is 5.73 Å². The maximum atomic E-state index is 5.88. The zero-order valence-electron chi connectivity index (χ0n) is 13.2. The minimum Gasteiger partial charge on any atom is -0.486 e. The van der Waals surface area contributed by atoms with Crippen LogP contribution in [0.3, 0.4) is 0 Å². The molecule has 0 unspecified atom stereocenters. The quantitative estimate of drug-likeness (QED) is 0.576. The Hall–Kier alpha value is -2.85. The summed E-state index contributed by atoms with van der Waals surface area (Å²) in [4.78, 5) is 0. The van der Waals surface area contributed by atoms with Crippen molar-refractivity contribution in [3.63, 3.8) is 0 Å². The van der Waals surface area contributed by atoms with Crippen molar-refractivity contribution in [3.8, 4) is 5.75 Å². The molecule has 0 saturated carbocycles. The Labute approximate surface area is 146 Å². The number of rotatable bonds is 7. The molecule has 0 bridgehead atoms. The first-order chi connectivity index (χ1) is 11.5. The zero-order valence-corrected chi connectivity index (χ0v) is 13.9. The van der Waals surface area contributed by atoms with Crippen molar-refractivity contribution < 1.29 is 9.47 Å². The van der Waals surface area contributed by atoms with E-state index in [1.807, 2.05) is 18.2 Å². The number of nitrogens with two attached hydrogens (primary N) is 2. The number of halogens is 1. The minimum absolute atomic E-state index is 0.233. The van der Waals surface area contributed by atoms with Gasteiger partial charge in [-0.15, -0.1) is 0 Å². The van der Waals surface area contributed by atoms with E-state index in [0.29, 0.717) is 33.5 Å². The van der Waals surface area contributed by atoms with E-state index >= 15 is 0 Å². The maximum Gasteiger partial charge on any atom is 0.146 e. The van der Waals surface area contributed by atoms with Gasteiger partial charge in [-0.1, -0.05) is 30.8 Å². The van der Waals surface area contributed by atoms with Crippen LogP contribution in [-0.4, -0.2) is 6.61 Å². The fourth-order valence-corrected chi connectivity index (χ4v) is 2.16. The lowest BCUT2D eigenvalue weighted by Gasteiger charge is -2.10. The van der Waals surface area contributed by atoms with Gasteiger partial charge in [0.05, 0.1) is 6.26 Å². The van der Waals surface area contributed by atoms with Crippen LogP contribution in [0.1, 0.15) is 11.1 Å². The van der Waals surface area contributed by atoms with Gasteiger partial charge in [0.1, 0.15) is 18.1 Å². The van der Waals surface area contributed by atoms with Crippen LogP contribution < -0.4 is 16.2 Å². The molecule has 4 N–H and O–H groups in total. The second-order valence-electron chi connectivity index (χ2n) is 5.01. The van der Waals surface area contributed by atoms with Gasteiger partial charge in [-0.2, -0.15) is 0 Å². The Balaban J connectivity index is 2.18. The zero-order chi connectivity index (χ0) is 17.5. The lowest BCUT2D eigenvalue weighted by atomic mass is 10.1. The van der Waals surface area contributed by atoms with Gasteiger partial charge in [-0.3, -0.25) is 0 Å². The summed E-state index contributed by atoms with van der Waals surface area (Å²) >= 11 is 5.85. The molecule has 124 valence electrons. The van der Waals surface area contributed by atoms with E-state index in [2.05, 4.69) is 13.2 Å². The standard InChI is InChI=1S/C19H19ClN2O2/c1-3-23-17(12-24-16-7-5-15(20)6-8-16)10-14-4-9-19(22)18(11-14)13(2)21/h3-11H,1-2,12,21-22H2/b17-10+. The first-order valence-electron chi connectivity index (χ1n) is 7.20. The molecule has 0 fully saturated rings. The Morgan fingerprint density at radius 1 is 1.17 bits per heavy atom. The Bertz CT molecular complexity index is 767. The predicted octanol–water partition coefficient (Wildman–Crippen LogP) is 4.43. The van der Waals surface area contributed by atoms with E-state index in [4.69, 9.17) is 32.5 Å². The van der Waals surface area contributed by atoms with Crippen LogP contribution in [0.2, 0.25) is 5.02 Å². The molecule has 4 nitrogen and oxygen atoms in total. The average Bonchev–Trinajstić information content (AvgIpc) is 2.55. The molecule has 0 aliphatic carbocycles. The van der Waals surface area contributed by atoms with Crippen LogP contribution in [0, 0.1) is 0 Å². The van der Waals surface area contributed by atoms with Gasteiger partial charge >= 0.3 is 0 Å². The molecule has 0 atom stereocenters. The lowest BCUT2D eigenvalue weighted by Crippen LogP contribution is -2.03. The molecular weight excluding hydrogens is 324 g/mol. The summed E-state index contributed by atoms with van der Waals surface area (Å²) in [5.74, 6) is 1.27. The third kappa shape index (κ3) is 4.83. The van der Waals surface area contributed by atoms with Gasteiger partial charge in [0, 0.05) is 22.0 Å². The number of nitrogen functional groups attached to an aromatic ring is 1. The molecule has 0 spiro atoms. The molecule has 5 heteroatoms. The summed E-state index contributed by atoms with van der Waals surface area (Å²) in [6, 6.07) is 12.6. The molecule has 24 heavy (non-hydrogen) atoms. The first kappa shape index (κ1) is 17.5. The van der Waals surface area contributed by atoms with Crippen LogP contribution >= 0.6 is 11.6 Å². The molecule has 0 amide bonds. The van der Waals surface area contributed by atoms with Gasteiger partial charge < -0.3 is 20.9 Å². The summed E-state index contributed by atoms with van der Waals surface area (Å²) in [5.41, 5.74) is 14.2. The summed E-state index contributed by atoms with van der Waals surface area (Å²) in [5, 5.41) is 0.650. The SMILES string of the molecule is C=CO/C(=C/c1ccc(N)c(C(=C)N)c1)COc1ccc(Cl)cc1. The number of anilines is 1. The van der Waals surface area contributed by atoms with Gasteiger partial charge in [0.25, 0.3) is 0 Å². The third-order valence-electron chi connectivity index (χ3n) is 3.18. The maximum absolute atomic E-state index is 5.88. The topological polar surface area (TPSA) is 70.5 Å². The number of hydrogen-bond acceptors (Lipinski definition) is 4. The van der Waals surface area contributed by atoms with E-state index in [9.17, 15) is 0 Å². The van der Waals surface area contributed by atoms with Crippen LogP contribution in [0.25, 0.3) is 11.8 Å². The number of benzene rings is 2. The Morgan fingerprint density at radius 3 is 2.50 bits per heavy atom. The highest BCUT2D eigenvalue weighted by molar-refractivity contribution is 6.30. The molecule has 0 aliphatic heterocycles. The molecule has 2 aromatic carbocycles. The number of ether oxygens (including phenoxy) is 2. The molecule has 0 aliphatic rings. The Kier molecular flexibility index (Phi) is 5.93. The summed E-state index contributed by atoms with van der Waals surface area (Å²) in [6.07, 6.45) is 3.17. The van der Waals surface area contributed by atoms with Crippen LogP contribution in [0.15, 0.2) is 67.6 Å². The molecule has 0 aromatic heterocycles. The van der Waals surface area contributed by atoms with Gasteiger partial charge in [-0.05, 0) is 48.0 Å². The highest BCUT2D eigenvalue weighted by Crippen LogP contribution is 2.21. The van der Waals surface area contributed by atoms with E-state index in [-0.39, 0.29) is 6.61 Å². The van der Waals surface area contributed by atoms with Crippen molar-refractivity contribution in [1.29, 1.82) is 0 Å². The van der Waals surface area contributed by atoms with Gasteiger partial charge in [0.15, 0.2) is 0 Å². The highest BCUT2D eigenvalue weighted by atomic mass is 35.5. The van der Waals surface area contributed by atoms with Crippen molar-refractivity contribution in [1.82, 2.24) is 0 Å². The monoisotopic (exact) mass is 342 g/mol. The summed E-state index contributed by atoms with van der Waals surface area (Å²) in [7, 11) is 0. The van der Waals surface area contributed by atoms with Gasteiger partial charge in [-0.25, -0.2) is 0 Å². The normalized spacial score (nSPS) is 11.0. The fraction of sp³-hybridized carbons (Fsp3) is 0.0526. The fourth-order valence-electron chi connectivity index (χ4n) is 2.03. The van der Waals surface area contributed by atoms with E-state index in [1.165, 1.54) is 6.26 Å². The summed E-state index contributed by atoms with van der Waals surface area (Å²) < 4.78 is 11.1. The molecule has 0 saturated heterocycles. The first-order valence-corrected chi connectivity index (χ1v) is 7.58. The van der Waals surface area contributed by atoms with Crippen molar-refractivity contribution in [2.45, 2.75) is 0 Å². The van der Waals surface area contributed by atoms with Gasteiger partial charge in [0.2, 0.25) is 0 Å². The Morgan fingerprint density at radius 2 is 1.88 bits per heavy atom. The predicted molar refractivity (Wildman–Crippen MR) is 100 cm³/mol. The van der Waals surface area contributed by atoms with Crippen molar-refractivity contribution in [3.05, 3.63) is 83.8 Å². The molecule has 0 heterocycles. The lowest BCUT2D eigenvalue weighted by molar-refractivity contribution is 0.254. The molecule has 2 aromatic rings. The largest absolute Gasteiger partial charge is 0.486 e. The molecule has 0 radical (unpaired) electrons. The molecule has 2 rings (SSSR count). The van der Waals surface area contributed by atoms with Crippen molar-refractivity contribution >= 4 is 29.1 Å². The molecular formula is C19H19ClN2O2. The smallest absolute Gasteiger partial charge is 0.146 e. The second-order valence-corrected chi connectivity index (χ2v) is 5.45. The highest BCUT2D eigenvalue weighted by Gasteiger charge is 2.05. The van der Waals surface area contributed by atoms with E-state index < -0.39 is 0 Å². The average molecular weight is 343 g/mol. The van der Waals surface area contributed by atoms with Crippen molar-refractivity contribution in [2.75, 3.05) is 12.3 Å². The third-order valence-corrected chi connectivity index (χ3v) is 3.43. The summed E-state index contributed by atoms with van der Waals surface area (Å²) in [6.45, 7) is 7.53. The van der Waals surface area contributed by atoms with Crippen LogP contribution in [0.5, 0.6) is 5.75 Å². The van der Waals surface area contributed by atoms with E-state index in [0.717, 1.165) is 5.56 Å².